The molecule has 0 saturated heterocycles. The molecule has 2 atom stereocenters. The second kappa shape index (κ2) is 6.89. The summed E-state index contributed by atoms with van der Waals surface area (Å²) >= 11 is 6.86. The van der Waals surface area contributed by atoms with Gasteiger partial charge >= 0.3 is 0 Å². The van der Waals surface area contributed by atoms with Crippen LogP contribution in [0.3, 0.4) is 0 Å². The van der Waals surface area contributed by atoms with Crippen molar-refractivity contribution in [2.45, 2.75) is 45.1 Å². The molecular weight excluding hydrogens is 370 g/mol. The molecule has 0 aliphatic heterocycles. The largest absolute Gasteiger partial charge is 0.349 e. The van der Waals surface area contributed by atoms with Crippen molar-refractivity contribution in [3.63, 3.8) is 0 Å². The highest BCUT2D eigenvalue weighted by Crippen LogP contribution is 2.28. The van der Waals surface area contributed by atoms with Crippen molar-refractivity contribution in [3.05, 3.63) is 32.7 Å². The van der Waals surface area contributed by atoms with Crippen LogP contribution in [-0.4, -0.2) is 11.9 Å². The number of rotatable bonds is 3. The molecule has 2 unspecified atom stereocenters. The van der Waals surface area contributed by atoms with Crippen molar-refractivity contribution in [3.8, 4) is 0 Å². The summed E-state index contributed by atoms with van der Waals surface area (Å²) in [5.41, 5.74) is 0.712. The average molecular weight is 389 g/mol. The molecule has 0 aromatic heterocycles. The molecule has 1 amide bonds. The molecule has 0 spiro atoms. The Morgan fingerprint density at radius 3 is 2.74 bits per heavy atom. The van der Waals surface area contributed by atoms with Gasteiger partial charge < -0.3 is 5.32 Å². The Morgan fingerprint density at radius 2 is 2.05 bits per heavy atom. The maximum atomic E-state index is 12.4. The van der Waals surface area contributed by atoms with E-state index < -0.39 is 0 Å². The first-order valence-corrected chi connectivity index (χ1v) is 8.46. The number of carbonyl (C=O) groups excluding carboxylic acids is 1. The fraction of sp³-hybridized carbons (Fsp3) is 0.533. The van der Waals surface area contributed by atoms with Crippen LogP contribution in [0.15, 0.2) is 27.1 Å². The minimum atomic E-state index is 0.0322. The van der Waals surface area contributed by atoms with Crippen LogP contribution in [0.2, 0.25) is 0 Å². The Labute approximate surface area is 131 Å². The highest BCUT2D eigenvalue weighted by Gasteiger charge is 2.25. The van der Waals surface area contributed by atoms with Gasteiger partial charge in [0.15, 0.2) is 0 Å². The van der Waals surface area contributed by atoms with Gasteiger partial charge in [0.1, 0.15) is 0 Å². The lowest BCUT2D eigenvalue weighted by Crippen LogP contribution is -2.42. The molecule has 1 saturated carbocycles. The van der Waals surface area contributed by atoms with E-state index in [1.807, 2.05) is 18.2 Å². The number of hydrogen-bond acceptors (Lipinski definition) is 1. The molecule has 0 bridgehead atoms. The predicted molar refractivity (Wildman–Crippen MR) is 85.3 cm³/mol. The third-order valence-corrected chi connectivity index (χ3v) is 5.08. The smallest absolute Gasteiger partial charge is 0.252 e. The summed E-state index contributed by atoms with van der Waals surface area (Å²) in [5, 5.41) is 3.21. The summed E-state index contributed by atoms with van der Waals surface area (Å²) in [7, 11) is 0. The monoisotopic (exact) mass is 387 g/mol. The van der Waals surface area contributed by atoms with E-state index in [-0.39, 0.29) is 5.91 Å². The zero-order valence-corrected chi connectivity index (χ0v) is 14.3. The van der Waals surface area contributed by atoms with Gasteiger partial charge in [0.25, 0.3) is 5.91 Å². The number of halogens is 2. The van der Waals surface area contributed by atoms with Gasteiger partial charge in [0.2, 0.25) is 0 Å². The zero-order valence-electron chi connectivity index (χ0n) is 11.1. The van der Waals surface area contributed by atoms with Crippen LogP contribution in [0.25, 0.3) is 0 Å². The van der Waals surface area contributed by atoms with Gasteiger partial charge in [-0.2, -0.15) is 0 Å². The molecule has 4 heteroatoms. The molecule has 1 N–H and O–H groups in total. The van der Waals surface area contributed by atoms with E-state index in [0.29, 0.717) is 17.5 Å². The van der Waals surface area contributed by atoms with Gasteiger partial charge in [-0.1, -0.05) is 42.1 Å². The van der Waals surface area contributed by atoms with Crippen LogP contribution < -0.4 is 5.32 Å². The molecule has 0 heterocycles. The van der Waals surface area contributed by atoms with Gasteiger partial charge in [-0.05, 0) is 52.9 Å². The zero-order chi connectivity index (χ0) is 13.8. The Morgan fingerprint density at radius 1 is 1.32 bits per heavy atom. The quantitative estimate of drug-likeness (QED) is 0.782. The topological polar surface area (TPSA) is 29.1 Å². The third kappa shape index (κ3) is 3.82. The minimum absolute atomic E-state index is 0.0322. The van der Waals surface area contributed by atoms with Crippen LogP contribution in [0.4, 0.5) is 0 Å². The van der Waals surface area contributed by atoms with Crippen molar-refractivity contribution in [1.29, 1.82) is 0 Å². The summed E-state index contributed by atoms with van der Waals surface area (Å²) in [6, 6.07) is 6.00. The van der Waals surface area contributed by atoms with Crippen molar-refractivity contribution >= 4 is 37.8 Å². The van der Waals surface area contributed by atoms with E-state index in [2.05, 4.69) is 44.1 Å². The van der Waals surface area contributed by atoms with Crippen molar-refractivity contribution < 1.29 is 4.79 Å². The lowest BCUT2D eigenvalue weighted by molar-refractivity contribution is 0.0904. The van der Waals surface area contributed by atoms with Crippen LogP contribution in [0.1, 0.15) is 49.4 Å². The molecule has 0 radical (unpaired) electrons. The van der Waals surface area contributed by atoms with E-state index in [1.54, 1.807) is 0 Å². The summed E-state index contributed by atoms with van der Waals surface area (Å²) < 4.78 is 1.81. The van der Waals surface area contributed by atoms with Crippen molar-refractivity contribution in [2.24, 2.45) is 5.92 Å². The van der Waals surface area contributed by atoms with Gasteiger partial charge in [-0.15, -0.1) is 0 Å². The van der Waals surface area contributed by atoms with Gasteiger partial charge in [0, 0.05) is 15.0 Å². The van der Waals surface area contributed by atoms with Crippen molar-refractivity contribution in [1.82, 2.24) is 5.32 Å². The standard InChI is InChI=1S/C15H19Br2NO/c1-2-10-5-3-4-6-14(10)18-15(19)12-8-7-11(16)9-13(12)17/h7-10,14H,2-6H2,1H3,(H,18,19). The fourth-order valence-corrected chi connectivity index (χ4v) is 4.03. The average Bonchev–Trinajstić information content (AvgIpc) is 2.39. The maximum absolute atomic E-state index is 12.4. The normalized spacial score (nSPS) is 23.1. The van der Waals surface area contributed by atoms with Crippen LogP contribution in [-0.2, 0) is 0 Å². The van der Waals surface area contributed by atoms with Crippen LogP contribution in [0, 0.1) is 5.92 Å². The molecule has 104 valence electrons. The van der Waals surface area contributed by atoms with Gasteiger partial charge in [0.05, 0.1) is 5.56 Å². The summed E-state index contributed by atoms with van der Waals surface area (Å²) in [5.74, 6) is 0.664. The number of carbonyl (C=O) groups is 1. The number of nitrogens with one attached hydrogen (secondary N) is 1. The molecule has 2 rings (SSSR count). The maximum Gasteiger partial charge on any atom is 0.252 e. The van der Waals surface area contributed by atoms with Crippen molar-refractivity contribution in [2.75, 3.05) is 0 Å². The first kappa shape index (κ1) is 15.0. The lowest BCUT2D eigenvalue weighted by Gasteiger charge is -2.31. The summed E-state index contributed by atoms with van der Waals surface area (Å²) in [4.78, 5) is 12.4. The minimum Gasteiger partial charge on any atom is -0.349 e. The Kier molecular flexibility index (Phi) is 5.46. The van der Waals surface area contributed by atoms with E-state index >= 15 is 0 Å². The molecule has 2 nitrogen and oxygen atoms in total. The highest BCUT2D eigenvalue weighted by atomic mass is 79.9. The Hall–Kier alpha value is -0.350. The molecule has 1 aromatic carbocycles. The first-order valence-electron chi connectivity index (χ1n) is 6.87. The summed E-state index contributed by atoms with van der Waals surface area (Å²) in [6.07, 6.45) is 6.02. The number of hydrogen-bond donors (Lipinski definition) is 1. The molecule has 19 heavy (non-hydrogen) atoms. The predicted octanol–water partition coefficient (Wildman–Crippen LogP) is 4.91. The third-order valence-electron chi connectivity index (χ3n) is 3.93. The van der Waals surface area contributed by atoms with E-state index in [4.69, 9.17) is 0 Å². The fourth-order valence-electron chi connectivity index (χ4n) is 2.81. The second-order valence-electron chi connectivity index (χ2n) is 5.16. The highest BCUT2D eigenvalue weighted by molar-refractivity contribution is 9.11. The number of benzene rings is 1. The Bertz CT molecular complexity index is 461. The van der Waals surface area contributed by atoms with Crippen LogP contribution >= 0.6 is 31.9 Å². The van der Waals surface area contributed by atoms with E-state index in [0.717, 1.165) is 21.8 Å². The van der Waals surface area contributed by atoms with Gasteiger partial charge in [-0.25, -0.2) is 0 Å². The molecule has 1 aliphatic carbocycles. The molecule has 1 aliphatic rings. The molecule has 1 aromatic rings. The summed E-state index contributed by atoms with van der Waals surface area (Å²) in [6.45, 7) is 2.21. The first-order chi connectivity index (χ1) is 9.11. The lowest BCUT2D eigenvalue weighted by atomic mass is 9.83. The van der Waals surface area contributed by atoms with E-state index in [9.17, 15) is 4.79 Å². The number of amides is 1. The van der Waals surface area contributed by atoms with E-state index in [1.165, 1.54) is 19.3 Å². The second-order valence-corrected chi connectivity index (χ2v) is 6.93. The molecule has 1 fully saturated rings. The SMILES string of the molecule is CCC1CCCCC1NC(=O)c1ccc(Br)cc1Br. The van der Waals surface area contributed by atoms with Crippen LogP contribution in [0.5, 0.6) is 0 Å². The van der Waals surface area contributed by atoms with Gasteiger partial charge in [-0.3, -0.25) is 4.79 Å². The Balaban J connectivity index is 2.07. The molecular formula is C15H19Br2NO.